The van der Waals surface area contributed by atoms with Crippen LogP contribution in [0.25, 0.3) is 0 Å². The molecular formula is C18H17F6GeO2+. The summed E-state index contributed by atoms with van der Waals surface area (Å²) in [4.78, 5) is 8.25. The van der Waals surface area contributed by atoms with Crippen LogP contribution >= 0.6 is 0 Å². The first-order valence-corrected chi connectivity index (χ1v) is 9.80. The van der Waals surface area contributed by atoms with Gasteiger partial charge in [-0.3, -0.25) is 0 Å². The molecule has 0 aromatic heterocycles. The molecule has 1 N–H and O–H groups in total. The molecule has 0 atom stereocenters. The van der Waals surface area contributed by atoms with E-state index in [1.165, 1.54) is 31.2 Å². The summed E-state index contributed by atoms with van der Waals surface area (Å²) in [5.41, 5.74) is -1.46. The molecule has 2 aromatic carbocycles. The zero-order valence-corrected chi connectivity index (χ0v) is 16.5. The van der Waals surface area contributed by atoms with Crippen LogP contribution in [0.1, 0.15) is 25.0 Å². The Balaban J connectivity index is 0.000000527. The predicted octanol–water partition coefficient (Wildman–Crippen LogP) is 3.92. The second-order valence-electron chi connectivity index (χ2n) is 5.23. The van der Waals surface area contributed by atoms with Crippen molar-refractivity contribution in [1.29, 1.82) is 0 Å². The summed E-state index contributed by atoms with van der Waals surface area (Å²) in [6, 6.07) is 9.46. The molecule has 0 unspecified atom stereocenters. The van der Waals surface area contributed by atoms with E-state index in [2.05, 4.69) is 4.74 Å². The first-order chi connectivity index (χ1) is 12.4. The molecule has 0 aliphatic heterocycles. The molecule has 0 aliphatic carbocycles. The molecule has 9 heteroatoms. The van der Waals surface area contributed by atoms with Crippen molar-refractivity contribution in [2.24, 2.45) is 0 Å². The normalized spacial score (nSPS) is 11.4. The van der Waals surface area contributed by atoms with Crippen LogP contribution in [-0.4, -0.2) is 32.8 Å². The summed E-state index contributed by atoms with van der Waals surface area (Å²) >= 11 is -0.952. The van der Waals surface area contributed by atoms with Crippen molar-refractivity contribution < 1.29 is 35.9 Å². The number of ether oxygens (including phenoxy) is 1. The van der Waals surface area contributed by atoms with Gasteiger partial charge in [0.2, 0.25) is 0 Å². The zero-order valence-electron chi connectivity index (χ0n) is 14.4. The third kappa shape index (κ3) is 8.51. The fraction of sp³-hybridized carbons (Fsp3) is 0.278. The molecule has 2 nitrogen and oxygen atoms in total. The summed E-state index contributed by atoms with van der Waals surface area (Å²) in [7, 11) is 0. The van der Waals surface area contributed by atoms with E-state index in [1.807, 2.05) is 6.92 Å². The van der Waals surface area contributed by atoms with Crippen molar-refractivity contribution in [1.82, 2.24) is 0 Å². The molecule has 0 saturated heterocycles. The van der Waals surface area contributed by atoms with E-state index in [0.717, 1.165) is 33.1 Å². The van der Waals surface area contributed by atoms with Gasteiger partial charge in [-0.2, -0.15) is 0 Å². The zero-order chi connectivity index (χ0) is 20.7. The quantitative estimate of drug-likeness (QED) is 0.301. The molecule has 2 radical (unpaired) electrons. The SMILES string of the molecule is CCOC(C)=[OH+].FC(F)(F)c1cc[c]([Ge][c]2ccc(C(F)(F)F)cc2)cc1. The maximum atomic E-state index is 12.4. The molecule has 2 rings (SSSR count). The second-order valence-corrected chi connectivity index (χ2v) is 8.17. The van der Waals surface area contributed by atoms with Gasteiger partial charge < -0.3 is 9.53 Å². The van der Waals surface area contributed by atoms with Crippen molar-refractivity contribution in [2.75, 3.05) is 6.61 Å². The Labute approximate surface area is 159 Å². The van der Waals surface area contributed by atoms with Crippen molar-refractivity contribution >= 4 is 30.2 Å². The Kier molecular flexibility index (Phi) is 8.39. The summed E-state index contributed by atoms with van der Waals surface area (Å²) in [5, 5.41) is 0. The van der Waals surface area contributed by atoms with Gasteiger partial charge in [-0.25, -0.2) is 0 Å². The van der Waals surface area contributed by atoms with Gasteiger partial charge in [0.05, 0.1) is 6.92 Å². The molecule has 0 aliphatic rings. The topological polar surface area (TPSA) is 30.6 Å². The number of esters is 1. The monoisotopic (exact) mass is 453 g/mol. The predicted molar refractivity (Wildman–Crippen MR) is 92.2 cm³/mol. The molecule has 0 fully saturated rings. The number of halogens is 6. The average Bonchev–Trinajstić information content (AvgIpc) is 2.54. The standard InChI is InChI=1S/C14H8F6Ge.C4H8O2/c15-13(16,17)9-1-5-11(6-2-9)21-12-7-3-10(4-8-12)14(18,19)20;1-3-6-4(2)5/h1-8H;3H2,1-2H3/p+1. The van der Waals surface area contributed by atoms with Crippen LogP contribution in [0, 0.1) is 0 Å². The summed E-state index contributed by atoms with van der Waals surface area (Å²) in [6.45, 7) is 3.87. The minimum absolute atomic E-state index is 0.0394. The molecule has 0 amide bonds. The minimum atomic E-state index is -4.38. The van der Waals surface area contributed by atoms with E-state index in [4.69, 9.17) is 4.79 Å². The first kappa shape index (κ1) is 23.1. The number of benzene rings is 2. The molecular weight excluding hydrogens is 435 g/mol. The Hall–Kier alpha value is -1.97. The fourth-order valence-corrected chi connectivity index (χ4v) is 3.96. The van der Waals surface area contributed by atoms with E-state index in [-0.39, 0.29) is 5.97 Å². The van der Waals surface area contributed by atoms with Gasteiger partial charge in [-0.1, -0.05) is 0 Å². The van der Waals surface area contributed by atoms with Crippen molar-refractivity contribution in [3.63, 3.8) is 0 Å². The van der Waals surface area contributed by atoms with Gasteiger partial charge in [0.1, 0.15) is 0 Å². The van der Waals surface area contributed by atoms with Crippen LogP contribution in [0.3, 0.4) is 0 Å². The Morgan fingerprint density at radius 2 is 1.15 bits per heavy atom. The fourth-order valence-electron chi connectivity index (χ4n) is 1.86. The Morgan fingerprint density at radius 1 is 0.815 bits per heavy atom. The Bertz CT molecular complexity index is 666. The van der Waals surface area contributed by atoms with Gasteiger partial charge in [0, 0.05) is 0 Å². The van der Waals surface area contributed by atoms with Crippen LogP contribution < -0.4 is 8.79 Å². The van der Waals surface area contributed by atoms with Crippen LogP contribution in [0.2, 0.25) is 0 Å². The number of carbonyl (C=O) groups excluding carboxylic acids is 1. The van der Waals surface area contributed by atoms with Gasteiger partial charge in [-0.15, -0.1) is 0 Å². The number of alkyl halides is 6. The van der Waals surface area contributed by atoms with Crippen molar-refractivity contribution in [3.8, 4) is 0 Å². The van der Waals surface area contributed by atoms with Crippen LogP contribution in [0.15, 0.2) is 48.5 Å². The van der Waals surface area contributed by atoms with Crippen molar-refractivity contribution in [3.05, 3.63) is 59.7 Å². The summed E-state index contributed by atoms with van der Waals surface area (Å²) in [6.07, 6.45) is -8.76. The average molecular weight is 452 g/mol. The molecule has 146 valence electrons. The van der Waals surface area contributed by atoms with E-state index < -0.39 is 38.9 Å². The van der Waals surface area contributed by atoms with E-state index in [1.54, 1.807) is 0 Å². The maximum absolute atomic E-state index is 12.4. The van der Waals surface area contributed by atoms with Crippen LogP contribution in [0.4, 0.5) is 26.3 Å². The van der Waals surface area contributed by atoms with Gasteiger partial charge in [-0.05, 0) is 6.92 Å². The Morgan fingerprint density at radius 3 is 1.33 bits per heavy atom. The molecule has 27 heavy (non-hydrogen) atoms. The van der Waals surface area contributed by atoms with Gasteiger partial charge in [0.25, 0.3) is 0 Å². The van der Waals surface area contributed by atoms with Crippen LogP contribution in [-0.2, 0) is 17.1 Å². The third-order valence-electron chi connectivity index (χ3n) is 3.07. The molecule has 0 bridgehead atoms. The second kappa shape index (κ2) is 9.82. The van der Waals surface area contributed by atoms with Gasteiger partial charge in [0.15, 0.2) is 6.61 Å². The van der Waals surface area contributed by atoms with Crippen molar-refractivity contribution in [2.45, 2.75) is 26.2 Å². The molecule has 0 saturated carbocycles. The molecule has 0 heterocycles. The molecule has 2 aromatic rings. The van der Waals surface area contributed by atoms with E-state index in [9.17, 15) is 26.3 Å². The van der Waals surface area contributed by atoms with Crippen LogP contribution in [0.5, 0.6) is 0 Å². The van der Waals surface area contributed by atoms with Gasteiger partial charge >= 0.3 is 129 Å². The van der Waals surface area contributed by atoms with E-state index >= 15 is 0 Å². The number of rotatable bonds is 3. The number of hydrogen-bond donors (Lipinski definition) is 0. The number of hydrogen-bond acceptors (Lipinski definition) is 1. The first-order valence-electron chi connectivity index (χ1n) is 7.70. The summed E-state index contributed by atoms with van der Waals surface area (Å²) < 4.78 is 80.4. The summed E-state index contributed by atoms with van der Waals surface area (Å²) in [5.74, 6) is 0.0394. The molecule has 0 spiro atoms. The third-order valence-corrected chi connectivity index (χ3v) is 5.68. The van der Waals surface area contributed by atoms with E-state index in [0.29, 0.717) is 6.61 Å².